The van der Waals surface area contributed by atoms with Gasteiger partial charge in [0.05, 0.1) is 36.0 Å². The van der Waals surface area contributed by atoms with Crippen molar-refractivity contribution in [1.29, 1.82) is 0 Å². The van der Waals surface area contributed by atoms with E-state index >= 15 is 0 Å². The number of nitro benzene ring substituents is 1. The van der Waals surface area contributed by atoms with E-state index in [1.807, 2.05) is 24.3 Å². The van der Waals surface area contributed by atoms with Crippen molar-refractivity contribution in [2.45, 2.75) is 4.90 Å². The van der Waals surface area contributed by atoms with Crippen molar-refractivity contribution in [3.63, 3.8) is 0 Å². The van der Waals surface area contributed by atoms with Gasteiger partial charge in [-0.2, -0.15) is 4.31 Å². The van der Waals surface area contributed by atoms with Crippen LogP contribution < -0.4 is 4.90 Å². The van der Waals surface area contributed by atoms with Crippen molar-refractivity contribution in [2.24, 2.45) is 0 Å². The molecule has 132 valence electrons. The smallest absolute Gasteiger partial charge is 0.269 e. The second kappa shape index (κ2) is 7.09. The van der Waals surface area contributed by atoms with E-state index < -0.39 is 14.9 Å². The predicted molar refractivity (Wildman–Crippen MR) is 93.7 cm³/mol. The van der Waals surface area contributed by atoms with Gasteiger partial charge in [0, 0.05) is 18.2 Å². The van der Waals surface area contributed by atoms with Gasteiger partial charge in [-0.15, -0.1) is 0 Å². The molecule has 0 saturated carbocycles. The normalized spacial score (nSPS) is 16.7. The Hall–Kier alpha value is -2.00. The summed E-state index contributed by atoms with van der Waals surface area (Å²) in [7, 11) is -3.66. The van der Waals surface area contributed by atoms with Crippen LogP contribution in [0.25, 0.3) is 0 Å². The summed E-state index contributed by atoms with van der Waals surface area (Å²) in [5, 5.41) is 11.4. The first-order chi connectivity index (χ1) is 11.9. The summed E-state index contributed by atoms with van der Waals surface area (Å²) >= 11 is 6.21. The van der Waals surface area contributed by atoms with Crippen LogP contribution in [-0.2, 0) is 10.0 Å². The SMILES string of the molecule is O=[N+]([O-])c1ccc(S(=O)(=O)N2CC[NH+](c3ccccc3Cl)CC2)cc1. The summed E-state index contributed by atoms with van der Waals surface area (Å²) in [6.45, 7) is 1.94. The fourth-order valence-corrected chi connectivity index (χ4v) is 4.61. The van der Waals surface area contributed by atoms with Crippen LogP contribution in [0.4, 0.5) is 11.4 Å². The summed E-state index contributed by atoms with van der Waals surface area (Å²) in [6.07, 6.45) is 0. The lowest BCUT2D eigenvalue weighted by Gasteiger charge is -2.31. The van der Waals surface area contributed by atoms with Gasteiger partial charge in [0.15, 0.2) is 0 Å². The Balaban J connectivity index is 1.73. The van der Waals surface area contributed by atoms with Gasteiger partial charge in [-0.3, -0.25) is 15.0 Å². The molecule has 0 bridgehead atoms. The zero-order chi connectivity index (χ0) is 18.0. The highest BCUT2D eigenvalue weighted by atomic mass is 35.5. The summed E-state index contributed by atoms with van der Waals surface area (Å²) in [6, 6.07) is 12.5. The Bertz CT molecular complexity index is 879. The Morgan fingerprint density at radius 2 is 1.64 bits per heavy atom. The maximum Gasteiger partial charge on any atom is 0.269 e. The largest absolute Gasteiger partial charge is 0.299 e. The van der Waals surface area contributed by atoms with Crippen LogP contribution in [-0.4, -0.2) is 43.8 Å². The van der Waals surface area contributed by atoms with Crippen molar-refractivity contribution in [2.75, 3.05) is 26.2 Å². The van der Waals surface area contributed by atoms with E-state index in [4.69, 9.17) is 11.6 Å². The number of sulfonamides is 1. The number of benzene rings is 2. The molecular formula is C16H17ClN3O4S+. The molecule has 0 atom stereocenters. The molecule has 9 heteroatoms. The quantitative estimate of drug-likeness (QED) is 0.641. The van der Waals surface area contributed by atoms with E-state index in [0.29, 0.717) is 31.2 Å². The number of piperazine rings is 1. The Morgan fingerprint density at radius 3 is 2.20 bits per heavy atom. The standard InChI is InChI=1S/C16H16ClN3O4S/c17-15-3-1-2-4-16(15)18-9-11-19(12-10-18)25(23,24)14-7-5-13(6-8-14)20(21)22/h1-8H,9-12H2/p+1. The van der Waals surface area contributed by atoms with Crippen LogP contribution in [0.2, 0.25) is 5.02 Å². The monoisotopic (exact) mass is 382 g/mol. The Labute approximate surface area is 150 Å². The van der Waals surface area contributed by atoms with Gasteiger partial charge in [-0.05, 0) is 18.2 Å². The summed E-state index contributed by atoms with van der Waals surface area (Å²) < 4.78 is 26.8. The van der Waals surface area contributed by atoms with Crippen LogP contribution >= 0.6 is 11.6 Å². The molecule has 25 heavy (non-hydrogen) atoms. The lowest BCUT2D eigenvalue weighted by molar-refractivity contribution is -0.837. The number of hydrogen-bond acceptors (Lipinski definition) is 4. The van der Waals surface area contributed by atoms with Crippen LogP contribution in [0.1, 0.15) is 0 Å². The summed E-state index contributed by atoms with van der Waals surface area (Å²) in [5.41, 5.74) is 0.837. The van der Waals surface area contributed by atoms with E-state index in [1.165, 1.54) is 28.6 Å². The summed E-state index contributed by atoms with van der Waals surface area (Å²) in [4.78, 5) is 11.3. The lowest BCUT2D eigenvalue weighted by Crippen LogP contribution is -3.10. The van der Waals surface area contributed by atoms with Crippen LogP contribution in [0, 0.1) is 10.1 Å². The summed E-state index contributed by atoms with van der Waals surface area (Å²) in [5.74, 6) is 0. The first-order valence-electron chi connectivity index (χ1n) is 7.74. The first kappa shape index (κ1) is 17.8. The fourth-order valence-electron chi connectivity index (χ4n) is 2.90. The minimum absolute atomic E-state index is 0.0688. The van der Waals surface area contributed by atoms with Gasteiger partial charge in [0.1, 0.15) is 10.7 Å². The number of para-hydroxylation sites is 1. The third kappa shape index (κ3) is 3.67. The van der Waals surface area contributed by atoms with Crippen LogP contribution in [0.3, 0.4) is 0 Å². The molecule has 0 radical (unpaired) electrons. The molecule has 2 aromatic rings. The molecule has 3 rings (SSSR count). The highest BCUT2D eigenvalue weighted by Crippen LogP contribution is 2.21. The van der Waals surface area contributed by atoms with E-state index in [2.05, 4.69) is 0 Å². The number of hydrogen-bond donors (Lipinski definition) is 1. The molecule has 1 saturated heterocycles. The average Bonchev–Trinajstić information content (AvgIpc) is 2.62. The van der Waals surface area contributed by atoms with Gasteiger partial charge in [0.25, 0.3) is 5.69 Å². The molecule has 0 spiro atoms. The molecule has 0 aromatic heterocycles. The van der Waals surface area contributed by atoms with Gasteiger partial charge >= 0.3 is 0 Å². The molecule has 1 heterocycles. The van der Waals surface area contributed by atoms with Crippen molar-refractivity contribution in [3.8, 4) is 0 Å². The maximum atomic E-state index is 12.7. The molecule has 1 N–H and O–H groups in total. The molecule has 7 nitrogen and oxygen atoms in total. The Morgan fingerprint density at radius 1 is 1.04 bits per heavy atom. The molecule has 0 amide bonds. The minimum atomic E-state index is -3.66. The van der Waals surface area contributed by atoms with Gasteiger partial charge < -0.3 is 0 Å². The molecule has 1 aliphatic heterocycles. The zero-order valence-electron chi connectivity index (χ0n) is 13.3. The number of halogens is 1. The highest BCUT2D eigenvalue weighted by molar-refractivity contribution is 7.89. The number of nitro groups is 1. The molecule has 0 aliphatic carbocycles. The highest BCUT2D eigenvalue weighted by Gasteiger charge is 2.31. The van der Waals surface area contributed by atoms with E-state index in [1.54, 1.807) is 0 Å². The van der Waals surface area contributed by atoms with Crippen molar-refractivity contribution in [1.82, 2.24) is 4.31 Å². The van der Waals surface area contributed by atoms with E-state index in [-0.39, 0.29) is 10.6 Å². The van der Waals surface area contributed by atoms with Gasteiger partial charge in [-0.25, -0.2) is 8.42 Å². The van der Waals surface area contributed by atoms with Crippen molar-refractivity contribution < 1.29 is 18.2 Å². The second-order valence-corrected chi connectivity index (χ2v) is 8.08. The zero-order valence-corrected chi connectivity index (χ0v) is 14.8. The third-order valence-electron chi connectivity index (χ3n) is 4.27. The molecular weight excluding hydrogens is 366 g/mol. The maximum absolute atomic E-state index is 12.7. The number of non-ortho nitro benzene ring substituents is 1. The van der Waals surface area contributed by atoms with Crippen LogP contribution in [0.15, 0.2) is 53.4 Å². The molecule has 0 unspecified atom stereocenters. The number of nitrogens with zero attached hydrogens (tertiary/aromatic N) is 2. The third-order valence-corrected chi connectivity index (χ3v) is 6.51. The van der Waals surface area contributed by atoms with Crippen LogP contribution in [0.5, 0.6) is 0 Å². The lowest BCUT2D eigenvalue weighted by atomic mass is 10.2. The molecule has 1 aliphatic rings. The number of quaternary nitrogens is 1. The van der Waals surface area contributed by atoms with Crippen molar-refractivity contribution >= 4 is 33.0 Å². The minimum Gasteiger partial charge on any atom is -0.299 e. The molecule has 2 aromatic carbocycles. The van der Waals surface area contributed by atoms with Gasteiger partial charge in [0.2, 0.25) is 10.0 Å². The van der Waals surface area contributed by atoms with Crippen molar-refractivity contribution in [3.05, 3.63) is 63.7 Å². The van der Waals surface area contributed by atoms with Gasteiger partial charge in [-0.1, -0.05) is 23.7 Å². The Kier molecular flexibility index (Phi) is 5.05. The topological polar surface area (TPSA) is 85.0 Å². The molecule has 1 fully saturated rings. The number of nitrogens with one attached hydrogen (secondary N) is 1. The second-order valence-electron chi connectivity index (χ2n) is 5.74. The van der Waals surface area contributed by atoms with E-state index in [0.717, 1.165) is 10.6 Å². The fraction of sp³-hybridized carbons (Fsp3) is 0.250. The average molecular weight is 383 g/mol. The van der Waals surface area contributed by atoms with E-state index in [9.17, 15) is 18.5 Å². The first-order valence-corrected chi connectivity index (χ1v) is 9.55. The number of rotatable bonds is 4. The predicted octanol–water partition coefficient (Wildman–Crippen LogP) is 1.47.